The van der Waals surface area contributed by atoms with Crippen molar-refractivity contribution >= 4 is 11.8 Å². The van der Waals surface area contributed by atoms with Crippen molar-refractivity contribution in [3.8, 4) is 0 Å². The zero-order valence-electron chi connectivity index (χ0n) is 21.0. The number of carbonyl (C=O) groups excluding carboxylic acids is 2. The summed E-state index contributed by atoms with van der Waals surface area (Å²) in [6.45, 7) is 10.0. The topological polar surface area (TPSA) is 96.4 Å². The second-order valence-electron chi connectivity index (χ2n) is 12.6. The molecule has 0 aromatic heterocycles. The molecule has 0 aromatic carbocycles. The summed E-state index contributed by atoms with van der Waals surface area (Å²) in [5.41, 5.74) is -0.916. The molecule has 0 bridgehead atoms. The van der Waals surface area contributed by atoms with Crippen LogP contribution in [0.5, 0.6) is 0 Å². The molecule has 2 N–H and O–H groups in total. The molecule has 6 nitrogen and oxygen atoms in total. The molecule has 0 aromatic rings. The first kappa shape index (κ1) is 22.9. The van der Waals surface area contributed by atoms with E-state index < -0.39 is 28.1 Å². The summed E-state index contributed by atoms with van der Waals surface area (Å²) in [6.07, 6.45) is 6.64. The number of ketones is 1. The van der Waals surface area contributed by atoms with Crippen molar-refractivity contribution in [1.29, 1.82) is 0 Å². The number of ether oxygens (including phenoxy) is 2. The van der Waals surface area contributed by atoms with Crippen LogP contribution in [0.1, 0.15) is 73.1 Å². The molecule has 2 heterocycles. The fourth-order valence-electron chi connectivity index (χ4n) is 9.38. The fourth-order valence-corrected chi connectivity index (χ4v) is 9.38. The Hall–Kier alpha value is -1.50. The minimum absolute atomic E-state index is 0.0368. The highest BCUT2D eigenvalue weighted by Crippen LogP contribution is 2.73. The van der Waals surface area contributed by atoms with Crippen LogP contribution in [0.2, 0.25) is 0 Å². The van der Waals surface area contributed by atoms with Crippen LogP contribution >= 0.6 is 0 Å². The van der Waals surface area contributed by atoms with Crippen molar-refractivity contribution in [3.05, 3.63) is 23.3 Å². The van der Waals surface area contributed by atoms with Crippen LogP contribution in [0, 0.1) is 34.5 Å². The van der Waals surface area contributed by atoms with Gasteiger partial charge in [0.05, 0.1) is 17.1 Å². The number of fused-ring (bicyclic) bond motifs is 4. The van der Waals surface area contributed by atoms with Crippen LogP contribution in [0.15, 0.2) is 23.3 Å². The van der Waals surface area contributed by atoms with Crippen LogP contribution < -0.4 is 0 Å². The van der Waals surface area contributed by atoms with Gasteiger partial charge >= 0.3 is 5.97 Å². The second-order valence-corrected chi connectivity index (χ2v) is 12.6. The Labute approximate surface area is 201 Å². The van der Waals surface area contributed by atoms with Crippen LogP contribution in [-0.4, -0.2) is 51.5 Å². The van der Waals surface area contributed by atoms with Gasteiger partial charge in [-0.25, -0.2) is 4.79 Å². The highest BCUT2D eigenvalue weighted by atomic mass is 16.6. The normalized spacial score (nSPS) is 54.6. The van der Waals surface area contributed by atoms with Crippen molar-refractivity contribution < 1.29 is 29.3 Å². The fraction of sp³-hybridized carbons (Fsp3) is 0.786. The summed E-state index contributed by atoms with van der Waals surface area (Å²) in [5.74, 6) is -0.343. The van der Waals surface area contributed by atoms with E-state index in [0.717, 1.165) is 24.8 Å². The smallest absolute Gasteiger partial charge is 0.333 e. The minimum atomic E-state index is -1.00. The van der Waals surface area contributed by atoms with E-state index in [2.05, 4.69) is 13.8 Å². The van der Waals surface area contributed by atoms with E-state index in [9.17, 15) is 19.8 Å². The average molecular weight is 471 g/mol. The van der Waals surface area contributed by atoms with E-state index in [1.54, 1.807) is 13.0 Å². The van der Waals surface area contributed by atoms with Gasteiger partial charge in [-0.3, -0.25) is 4.79 Å². The van der Waals surface area contributed by atoms with Crippen molar-refractivity contribution in [2.24, 2.45) is 34.5 Å². The first-order chi connectivity index (χ1) is 15.9. The van der Waals surface area contributed by atoms with Gasteiger partial charge in [-0.05, 0) is 82.1 Å². The SMILES string of the molecule is CC1=C(C)C(=O)OC(C(C)C2(O)CCC3C4C(O)C5OC56CC=CC(=O)C6(C)C4CCC32C)C1. The Balaban J connectivity index is 1.34. The third-order valence-corrected chi connectivity index (χ3v) is 11.8. The number of epoxide rings is 1. The molecule has 11 atom stereocenters. The largest absolute Gasteiger partial charge is 0.458 e. The standard InChI is InChI=1S/C28H38O6/c1-14-13-19(33-24(31)15(14)2)16(3)27(32)12-9-17-21-18(8-11-25(17,27)4)26(5)20(29)7-6-10-28(26)23(34-28)22(21)30/h6-7,16-19,21-23,30,32H,8-13H2,1-5H3. The Morgan fingerprint density at radius 3 is 2.53 bits per heavy atom. The summed E-state index contributed by atoms with van der Waals surface area (Å²) in [5, 5.41) is 23.9. The van der Waals surface area contributed by atoms with Gasteiger partial charge in [0, 0.05) is 17.9 Å². The Bertz CT molecular complexity index is 1030. The molecule has 0 amide bonds. The molecule has 34 heavy (non-hydrogen) atoms. The first-order valence-electron chi connectivity index (χ1n) is 13.1. The van der Waals surface area contributed by atoms with Crippen molar-refractivity contribution in [3.63, 3.8) is 0 Å². The number of aliphatic hydroxyl groups excluding tert-OH is 1. The van der Waals surface area contributed by atoms with Crippen LogP contribution in [-0.2, 0) is 19.1 Å². The number of aliphatic hydroxyl groups is 2. The van der Waals surface area contributed by atoms with Gasteiger partial charge < -0.3 is 19.7 Å². The van der Waals surface area contributed by atoms with Gasteiger partial charge in [0.25, 0.3) is 0 Å². The first-order valence-corrected chi connectivity index (χ1v) is 13.1. The highest BCUT2D eigenvalue weighted by molar-refractivity contribution is 5.98. The lowest BCUT2D eigenvalue weighted by Gasteiger charge is -2.60. The zero-order chi connectivity index (χ0) is 24.4. The monoisotopic (exact) mass is 470 g/mol. The summed E-state index contributed by atoms with van der Waals surface area (Å²) in [6, 6.07) is 0. The van der Waals surface area contributed by atoms with Crippen LogP contribution in [0.4, 0.5) is 0 Å². The molecule has 6 heteroatoms. The Morgan fingerprint density at radius 1 is 1.12 bits per heavy atom. The Kier molecular flexibility index (Phi) is 4.61. The van der Waals surface area contributed by atoms with Crippen LogP contribution in [0.3, 0.4) is 0 Å². The second kappa shape index (κ2) is 6.83. The van der Waals surface area contributed by atoms with E-state index in [-0.39, 0.29) is 47.6 Å². The van der Waals surface area contributed by atoms with Gasteiger partial charge in [0.1, 0.15) is 17.8 Å². The van der Waals surface area contributed by atoms with Gasteiger partial charge in [-0.1, -0.05) is 25.5 Å². The molecule has 1 spiro atoms. The quantitative estimate of drug-likeness (QED) is 0.474. The number of rotatable bonds is 2. The van der Waals surface area contributed by atoms with E-state index >= 15 is 0 Å². The summed E-state index contributed by atoms with van der Waals surface area (Å²) < 4.78 is 12.0. The summed E-state index contributed by atoms with van der Waals surface area (Å²) >= 11 is 0. The zero-order valence-corrected chi connectivity index (χ0v) is 21.0. The molecule has 4 aliphatic carbocycles. The minimum Gasteiger partial charge on any atom is -0.458 e. The third kappa shape index (κ3) is 2.43. The number of esters is 1. The predicted molar refractivity (Wildman–Crippen MR) is 125 cm³/mol. The number of hydrogen-bond donors (Lipinski definition) is 2. The summed E-state index contributed by atoms with van der Waals surface area (Å²) in [7, 11) is 0. The van der Waals surface area contributed by atoms with E-state index in [4.69, 9.17) is 9.47 Å². The molecule has 6 rings (SSSR count). The molecule has 0 radical (unpaired) electrons. The molecule has 2 aliphatic heterocycles. The number of cyclic esters (lactones) is 1. The van der Waals surface area contributed by atoms with E-state index in [1.807, 2.05) is 19.9 Å². The van der Waals surface area contributed by atoms with Gasteiger partial charge in [-0.15, -0.1) is 0 Å². The lowest BCUT2D eigenvalue weighted by molar-refractivity contribution is -0.195. The van der Waals surface area contributed by atoms with Gasteiger partial charge in [0.15, 0.2) is 5.78 Å². The van der Waals surface area contributed by atoms with Crippen molar-refractivity contribution in [2.75, 3.05) is 0 Å². The number of allylic oxidation sites excluding steroid dienone is 1. The van der Waals surface area contributed by atoms with Gasteiger partial charge in [-0.2, -0.15) is 0 Å². The summed E-state index contributed by atoms with van der Waals surface area (Å²) in [4.78, 5) is 25.7. The van der Waals surface area contributed by atoms with Crippen LogP contribution in [0.25, 0.3) is 0 Å². The molecule has 4 fully saturated rings. The molecular formula is C28H38O6. The van der Waals surface area contributed by atoms with E-state index in [1.165, 1.54) is 0 Å². The molecule has 186 valence electrons. The highest BCUT2D eigenvalue weighted by Gasteiger charge is 2.81. The number of carbonyl (C=O) groups is 2. The average Bonchev–Trinajstić information content (AvgIpc) is 3.47. The molecule has 6 aliphatic rings. The molecule has 11 unspecified atom stereocenters. The Morgan fingerprint density at radius 2 is 1.82 bits per heavy atom. The van der Waals surface area contributed by atoms with Gasteiger partial charge in [0.2, 0.25) is 0 Å². The maximum Gasteiger partial charge on any atom is 0.333 e. The maximum atomic E-state index is 13.3. The van der Waals surface area contributed by atoms with Crippen molar-refractivity contribution in [2.45, 2.75) is 103 Å². The number of hydrogen-bond acceptors (Lipinski definition) is 6. The van der Waals surface area contributed by atoms with Crippen molar-refractivity contribution in [1.82, 2.24) is 0 Å². The lowest BCUT2D eigenvalue weighted by atomic mass is 9.43. The molecule has 3 saturated carbocycles. The third-order valence-electron chi connectivity index (χ3n) is 11.8. The van der Waals surface area contributed by atoms with E-state index in [0.29, 0.717) is 24.8 Å². The lowest BCUT2D eigenvalue weighted by Crippen LogP contribution is -2.66. The molecule has 1 saturated heterocycles. The predicted octanol–water partition coefficient (Wildman–Crippen LogP) is 3.50. The maximum absolute atomic E-state index is 13.3. The molecular weight excluding hydrogens is 432 g/mol.